The molecule has 2 heteroatoms. The summed E-state index contributed by atoms with van der Waals surface area (Å²) in [5.41, 5.74) is 1.31. The maximum absolute atomic E-state index is 13.1. The van der Waals surface area contributed by atoms with Gasteiger partial charge in [-0.15, -0.1) is 0 Å². The molecule has 0 aliphatic carbocycles. The molecule has 0 aliphatic heterocycles. The number of hydrogen-bond acceptors (Lipinski definition) is 1. The molecule has 2 unspecified atom stereocenters. The molecule has 1 aromatic rings. The summed E-state index contributed by atoms with van der Waals surface area (Å²) in [4.78, 5) is 0. The van der Waals surface area contributed by atoms with E-state index in [0.717, 1.165) is 12.1 Å². The lowest BCUT2D eigenvalue weighted by Crippen LogP contribution is -2.31. The number of nitrogens with one attached hydrogen (secondary N) is 1. The summed E-state index contributed by atoms with van der Waals surface area (Å²) in [5, 5.41) is 3.47. The fraction of sp³-hybridized carbons (Fsp3) is 0.600. The van der Waals surface area contributed by atoms with Gasteiger partial charge in [0.1, 0.15) is 5.82 Å². The molecule has 0 aromatic heterocycles. The van der Waals surface area contributed by atoms with Gasteiger partial charge in [-0.25, -0.2) is 4.39 Å². The van der Waals surface area contributed by atoms with Gasteiger partial charge in [0.25, 0.3) is 0 Å². The molecule has 1 rings (SSSR count). The Hall–Kier alpha value is -0.890. The monoisotopic (exact) mass is 237 g/mol. The summed E-state index contributed by atoms with van der Waals surface area (Å²) >= 11 is 0. The SMILES string of the molecule is CC(NCC(C)C(C)(C)C)c1cccc(F)c1. The Labute approximate surface area is 104 Å². The maximum atomic E-state index is 13.1. The molecule has 0 amide bonds. The molecule has 1 nitrogen and oxygen atoms in total. The Kier molecular flexibility index (Phi) is 4.70. The van der Waals surface area contributed by atoms with Gasteiger partial charge in [0.2, 0.25) is 0 Å². The molecule has 96 valence electrons. The first-order chi connectivity index (χ1) is 7.80. The van der Waals surface area contributed by atoms with Crippen molar-refractivity contribution in [2.75, 3.05) is 6.54 Å². The standard InChI is InChI=1S/C15H24FN/c1-11(15(3,4)5)10-17-12(2)13-7-6-8-14(16)9-13/h6-9,11-12,17H,10H2,1-5H3. The molecule has 0 saturated carbocycles. The zero-order chi connectivity index (χ0) is 13.1. The smallest absolute Gasteiger partial charge is 0.123 e. The van der Waals surface area contributed by atoms with Crippen molar-refractivity contribution in [2.24, 2.45) is 11.3 Å². The molecule has 0 aliphatic rings. The largest absolute Gasteiger partial charge is 0.310 e. The normalized spacial score (nSPS) is 15.6. The van der Waals surface area contributed by atoms with E-state index in [0.29, 0.717) is 11.3 Å². The first-order valence-electron chi connectivity index (χ1n) is 6.29. The lowest BCUT2D eigenvalue weighted by atomic mass is 9.82. The molecule has 1 aromatic carbocycles. The second-order valence-electron chi connectivity index (χ2n) is 5.95. The minimum atomic E-state index is -0.167. The fourth-order valence-corrected chi connectivity index (χ4v) is 1.55. The summed E-state index contributed by atoms with van der Waals surface area (Å²) in [6.45, 7) is 12.0. The van der Waals surface area contributed by atoms with Crippen molar-refractivity contribution >= 4 is 0 Å². The molecule has 0 fully saturated rings. The lowest BCUT2D eigenvalue weighted by molar-refractivity contribution is 0.247. The van der Waals surface area contributed by atoms with Crippen molar-refractivity contribution < 1.29 is 4.39 Å². The Morgan fingerprint density at radius 1 is 1.24 bits per heavy atom. The molecule has 0 radical (unpaired) electrons. The van der Waals surface area contributed by atoms with Gasteiger partial charge in [-0.3, -0.25) is 0 Å². The molecule has 0 bridgehead atoms. The number of benzene rings is 1. The van der Waals surface area contributed by atoms with Gasteiger partial charge in [-0.05, 0) is 42.5 Å². The van der Waals surface area contributed by atoms with E-state index in [1.807, 2.05) is 6.07 Å². The zero-order valence-electron chi connectivity index (χ0n) is 11.5. The maximum Gasteiger partial charge on any atom is 0.123 e. The molecule has 2 atom stereocenters. The van der Waals surface area contributed by atoms with Crippen LogP contribution in [0.1, 0.15) is 46.2 Å². The fourth-order valence-electron chi connectivity index (χ4n) is 1.55. The summed E-state index contributed by atoms with van der Waals surface area (Å²) in [7, 11) is 0. The van der Waals surface area contributed by atoms with Crippen LogP contribution in [0.4, 0.5) is 4.39 Å². The first kappa shape index (κ1) is 14.2. The van der Waals surface area contributed by atoms with Crippen molar-refractivity contribution in [1.29, 1.82) is 0 Å². The first-order valence-corrected chi connectivity index (χ1v) is 6.29. The number of hydrogen-bond donors (Lipinski definition) is 1. The van der Waals surface area contributed by atoms with Crippen LogP contribution in [0.3, 0.4) is 0 Å². The average Bonchev–Trinajstić information content (AvgIpc) is 2.24. The van der Waals surface area contributed by atoms with Crippen LogP contribution in [-0.2, 0) is 0 Å². The third-order valence-corrected chi connectivity index (χ3v) is 3.56. The van der Waals surface area contributed by atoms with E-state index in [9.17, 15) is 4.39 Å². The van der Waals surface area contributed by atoms with Crippen LogP contribution in [-0.4, -0.2) is 6.54 Å². The van der Waals surface area contributed by atoms with E-state index in [1.54, 1.807) is 12.1 Å². The third kappa shape index (κ3) is 4.47. The highest BCUT2D eigenvalue weighted by Gasteiger charge is 2.20. The van der Waals surface area contributed by atoms with Crippen LogP contribution < -0.4 is 5.32 Å². The summed E-state index contributed by atoms with van der Waals surface area (Å²) in [6.07, 6.45) is 0. The van der Waals surface area contributed by atoms with E-state index in [-0.39, 0.29) is 11.9 Å². The van der Waals surface area contributed by atoms with Crippen LogP contribution in [0.25, 0.3) is 0 Å². The van der Waals surface area contributed by atoms with Crippen molar-refractivity contribution in [3.05, 3.63) is 35.6 Å². The van der Waals surface area contributed by atoms with E-state index in [1.165, 1.54) is 6.07 Å². The lowest BCUT2D eigenvalue weighted by Gasteiger charge is -2.29. The highest BCUT2D eigenvalue weighted by molar-refractivity contribution is 5.19. The van der Waals surface area contributed by atoms with E-state index >= 15 is 0 Å². The van der Waals surface area contributed by atoms with Gasteiger partial charge in [0.15, 0.2) is 0 Å². The number of rotatable bonds is 4. The Morgan fingerprint density at radius 3 is 2.41 bits per heavy atom. The van der Waals surface area contributed by atoms with Gasteiger partial charge < -0.3 is 5.32 Å². The topological polar surface area (TPSA) is 12.0 Å². The summed E-state index contributed by atoms with van der Waals surface area (Å²) in [6, 6.07) is 6.99. The predicted molar refractivity (Wildman–Crippen MR) is 71.4 cm³/mol. The van der Waals surface area contributed by atoms with Crippen LogP contribution >= 0.6 is 0 Å². The Balaban J connectivity index is 2.53. The number of halogens is 1. The van der Waals surface area contributed by atoms with Gasteiger partial charge in [-0.1, -0.05) is 39.8 Å². The van der Waals surface area contributed by atoms with E-state index in [2.05, 4.69) is 39.9 Å². The third-order valence-electron chi connectivity index (χ3n) is 3.56. The molecular weight excluding hydrogens is 213 g/mol. The molecule has 0 spiro atoms. The quantitative estimate of drug-likeness (QED) is 0.829. The molecule has 17 heavy (non-hydrogen) atoms. The minimum absolute atomic E-state index is 0.167. The molecular formula is C15H24FN. The van der Waals surface area contributed by atoms with Crippen LogP contribution in [0.15, 0.2) is 24.3 Å². The summed E-state index contributed by atoms with van der Waals surface area (Å²) in [5.74, 6) is 0.415. The molecule has 1 N–H and O–H groups in total. The second-order valence-corrected chi connectivity index (χ2v) is 5.95. The average molecular weight is 237 g/mol. The highest BCUT2D eigenvalue weighted by Crippen LogP contribution is 2.25. The predicted octanol–water partition coefficient (Wildman–Crippen LogP) is 4.16. The van der Waals surface area contributed by atoms with Crippen LogP contribution in [0, 0.1) is 17.2 Å². The van der Waals surface area contributed by atoms with Gasteiger partial charge in [0, 0.05) is 6.04 Å². The van der Waals surface area contributed by atoms with Gasteiger partial charge in [0.05, 0.1) is 0 Å². The van der Waals surface area contributed by atoms with Gasteiger partial charge >= 0.3 is 0 Å². The van der Waals surface area contributed by atoms with Crippen LogP contribution in [0.5, 0.6) is 0 Å². The van der Waals surface area contributed by atoms with Gasteiger partial charge in [-0.2, -0.15) is 0 Å². The highest BCUT2D eigenvalue weighted by atomic mass is 19.1. The molecule has 0 heterocycles. The van der Waals surface area contributed by atoms with E-state index < -0.39 is 0 Å². The Bertz CT molecular complexity index is 354. The molecule has 0 saturated heterocycles. The van der Waals surface area contributed by atoms with E-state index in [4.69, 9.17) is 0 Å². The summed E-state index contributed by atoms with van der Waals surface area (Å²) < 4.78 is 13.1. The van der Waals surface area contributed by atoms with Crippen molar-refractivity contribution in [3.63, 3.8) is 0 Å². The van der Waals surface area contributed by atoms with Crippen molar-refractivity contribution in [1.82, 2.24) is 5.32 Å². The van der Waals surface area contributed by atoms with Crippen LogP contribution in [0.2, 0.25) is 0 Å². The zero-order valence-corrected chi connectivity index (χ0v) is 11.5. The second kappa shape index (κ2) is 5.63. The van der Waals surface area contributed by atoms with Crippen molar-refractivity contribution in [3.8, 4) is 0 Å². The Morgan fingerprint density at radius 2 is 1.88 bits per heavy atom. The minimum Gasteiger partial charge on any atom is -0.310 e. The van der Waals surface area contributed by atoms with Crippen molar-refractivity contribution in [2.45, 2.75) is 40.7 Å².